The Morgan fingerprint density at radius 1 is 1.29 bits per heavy atom. The van der Waals surface area contributed by atoms with Crippen molar-refractivity contribution in [3.05, 3.63) is 34.9 Å². The summed E-state index contributed by atoms with van der Waals surface area (Å²) in [7, 11) is 0. The van der Waals surface area contributed by atoms with Gasteiger partial charge in [-0.25, -0.2) is 0 Å². The molecule has 1 rings (SSSR count). The lowest BCUT2D eigenvalue weighted by atomic mass is 9.96. The zero-order valence-electron chi connectivity index (χ0n) is 8.70. The molecular weight excluding hydrogens is 196 g/mol. The van der Waals surface area contributed by atoms with Gasteiger partial charge in [-0.2, -0.15) is 0 Å². The van der Waals surface area contributed by atoms with Crippen molar-refractivity contribution >= 4 is 11.6 Å². The third kappa shape index (κ3) is 3.69. The summed E-state index contributed by atoms with van der Waals surface area (Å²) in [5.41, 5.74) is 1.17. The van der Waals surface area contributed by atoms with Crippen LogP contribution in [0.25, 0.3) is 0 Å². The summed E-state index contributed by atoms with van der Waals surface area (Å²) in [6.07, 6.45) is 1.53. The van der Waals surface area contributed by atoms with Gasteiger partial charge >= 0.3 is 0 Å². The second kappa shape index (κ2) is 5.38. The van der Waals surface area contributed by atoms with Crippen LogP contribution in [0.15, 0.2) is 24.3 Å². The van der Waals surface area contributed by atoms with E-state index in [1.54, 1.807) is 0 Å². The van der Waals surface area contributed by atoms with Gasteiger partial charge in [-0.05, 0) is 37.3 Å². The van der Waals surface area contributed by atoms with Gasteiger partial charge in [0.2, 0.25) is 0 Å². The number of hydrogen-bond donors (Lipinski definition) is 1. The van der Waals surface area contributed by atoms with E-state index in [-0.39, 0.29) is 6.10 Å². The van der Waals surface area contributed by atoms with Gasteiger partial charge in [-0.1, -0.05) is 36.7 Å². The minimum atomic E-state index is -0.229. The predicted octanol–water partition coefficient (Wildman–Crippen LogP) is 3.29. The fourth-order valence-corrected chi connectivity index (χ4v) is 1.92. The first-order chi connectivity index (χ1) is 6.59. The van der Waals surface area contributed by atoms with Crippen LogP contribution in [-0.2, 0) is 6.42 Å². The minimum Gasteiger partial charge on any atom is -0.393 e. The molecule has 0 saturated heterocycles. The first kappa shape index (κ1) is 11.5. The minimum absolute atomic E-state index is 0.229. The summed E-state index contributed by atoms with van der Waals surface area (Å²) in [4.78, 5) is 0. The van der Waals surface area contributed by atoms with Gasteiger partial charge in [0, 0.05) is 5.02 Å². The molecule has 14 heavy (non-hydrogen) atoms. The van der Waals surface area contributed by atoms with Crippen LogP contribution in [0.4, 0.5) is 0 Å². The third-order valence-electron chi connectivity index (χ3n) is 2.27. The predicted molar refractivity (Wildman–Crippen MR) is 60.6 cm³/mol. The molecule has 78 valence electrons. The SMILES string of the molecule is CC(O)CC(C)Cc1ccccc1Cl. The van der Waals surface area contributed by atoms with E-state index >= 15 is 0 Å². The fourth-order valence-electron chi connectivity index (χ4n) is 1.71. The molecule has 2 heteroatoms. The Morgan fingerprint density at radius 2 is 1.93 bits per heavy atom. The van der Waals surface area contributed by atoms with Crippen molar-refractivity contribution in [1.82, 2.24) is 0 Å². The topological polar surface area (TPSA) is 20.2 Å². The molecule has 0 amide bonds. The average Bonchev–Trinajstić information content (AvgIpc) is 2.07. The number of rotatable bonds is 4. The molecule has 0 heterocycles. The quantitative estimate of drug-likeness (QED) is 0.812. The monoisotopic (exact) mass is 212 g/mol. The van der Waals surface area contributed by atoms with E-state index in [4.69, 9.17) is 11.6 Å². The maximum absolute atomic E-state index is 9.24. The van der Waals surface area contributed by atoms with E-state index in [2.05, 4.69) is 6.92 Å². The lowest BCUT2D eigenvalue weighted by Crippen LogP contribution is -2.09. The van der Waals surface area contributed by atoms with Crippen LogP contribution >= 0.6 is 11.6 Å². The highest BCUT2D eigenvalue weighted by molar-refractivity contribution is 6.31. The van der Waals surface area contributed by atoms with Crippen molar-refractivity contribution in [1.29, 1.82) is 0 Å². The van der Waals surface area contributed by atoms with Crippen molar-refractivity contribution in [2.75, 3.05) is 0 Å². The van der Waals surface area contributed by atoms with Gasteiger partial charge in [-0.15, -0.1) is 0 Å². The van der Waals surface area contributed by atoms with E-state index in [1.165, 1.54) is 5.56 Å². The smallest absolute Gasteiger partial charge is 0.0514 e. The van der Waals surface area contributed by atoms with Gasteiger partial charge in [0.1, 0.15) is 0 Å². The Labute approximate surface area is 90.7 Å². The van der Waals surface area contributed by atoms with Crippen LogP contribution in [0.3, 0.4) is 0 Å². The Balaban J connectivity index is 2.56. The molecule has 0 fully saturated rings. The summed E-state index contributed by atoms with van der Waals surface area (Å²) in [5.74, 6) is 0.467. The van der Waals surface area contributed by atoms with Crippen LogP contribution in [-0.4, -0.2) is 11.2 Å². The van der Waals surface area contributed by atoms with Crippen LogP contribution in [0.2, 0.25) is 5.02 Å². The molecular formula is C12H17ClO. The van der Waals surface area contributed by atoms with Crippen LogP contribution in [0, 0.1) is 5.92 Å². The highest BCUT2D eigenvalue weighted by atomic mass is 35.5. The van der Waals surface area contributed by atoms with Crippen LogP contribution < -0.4 is 0 Å². The first-order valence-electron chi connectivity index (χ1n) is 5.01. The molecule has 2 unspecified atom stereocenters. The van der Waals surface area contributed by atoms with E-state index in [0.29, 0.717) is 5.92 Å². The third-order valence-corrected chi connectivity index (χ3v) is 2.64. The molecule has 0 saturated carbocycles. The zero-order chi connectivity index (χ0) is 10.6. The van der Waals surface area contributed by atoms with Crippen LogP contribution in [0.1, 0.15) is 25.8 Å². The largest absolute Gasteiger partial charge is 0.393 e. The molecule has 0 radical (unpaired) electrons. The molecule has 0 aliphatic heterocycles. The Kier molecular flexibility index (Phi) is 4.43. The standard InChI is InChI=1S/C12H17ClO/c1-9(7-10(2)14)8-11-5-3-4-6-12(11)13/h3-6,9-10,14H,7-8H2,1-2H3. The summed E-state index contributed by atoms with van der Waals surface area (Å²) < 4.78 is 0. The second-order valence-electron chi connectivity index (χ2n) is 3.99. The highest BCUT2D eigenvalue weighted by Gasteiger charge is 2.08. The number of halogens is 1. The first-order valence-corrected chi connectivity index (χ1v) is 5.39. The number of hydrogen-bond acceptors (Lipinski definition) is 1. The Morgan fingerprint density at radius 3 is 2.50 bits per heavy atom. The van der Waals surface area contributed by atoms with Gasteiger partial charge < -0.3 is 5.11 Å². The molecule has 0 aliphatic carbocycles. The lowest BCUT2D eigenvalue weighted by molar-refractivity contribution is 0.164. The maximum atomic E-state index is 9.24. The summed E-state index contributed by atoms with van der Waals surface area (Å²) in [6, 6.07) is 7.88. The number of aliphatic hydroxyl groups is 1. The Bertz CT molecular complexity index is 283. The highest BCUT2D eigenvalue weighted by Crippen LogP contribution is 2.20. The Hall–Kier alpha value is -0.530. The maximum Gasteiger partial charge on any atom is 0.0514 e. The van der Waals surface area contributed by atoms with E-state index in [9.17, 15) is 5.11 Å². The van der Waals surface area contributed by atoms with Gasteiger partial charge in [0.25, 0.3) is 0 Å². The van der Waals surface area contributed by atoms with Crippen LogP contribution in [0.5, 0.6) is 0 Å². The lowest BCUT2D eigenvalue weighted by Gasteiger charge is -2.13. The molecule has 1 nitrogen and oxygen atoms in total. The van der Waals surface area contributed by atoms with Gasteiger partial charge in [-0.3, -0.25) is 0 Å². The molecule has 1 N–H and O–H groups in total. The van der Waals surface area contributed by atoms with Gasteiger partial charge in [0.05, 0.1) is 6.10 Å². The zero-order valence-corrected chi connectivity index (χ0v) is 9.46. The molecule has 0 spiro atoms. The second-order valence-corrected chi connectivity index (χ2v) is 4.39. The fraction of sp³-hybridized carbons (Fsp3) is 0.500. The number of benzene rings is 1. The van der Waals surface area contributed by atoms with Crippen molar-refractivity contribution in [2.24, 2.45) is 5.92 Å². The molecule has 2 atom stereocenters. The summed E-state index contributed by atoms with van der Waals surface area (Å²) in [5, 5.41) is 10.1. The van der Waals surface area contributed by atoms with Crippen molar-refractivity contribution in [3.8, 4) is 0 Å². The van der Waals surface area contributed by atoms with Crippen molar-refractivity contribution in [3.63, 3.8) is 0 Å². The number of aliphatic hydroxyl groups excluding tert-OH is 1. The van der Waals surface area contributed by atoms with Crippen molar-refractivity contribution in [2.45, 2.75) is 32.8 Å². The van der Waals surface area contributed by atoms with Crippen molar-refractivity contribution < 1.29 is 5.11 Å². The normalized spacial score (nSPS) is 15.1. The molecule has 0 aliphatic rings. The molecule has 0 aromatic heterocycles. The molecule has 1 aromatic rings. The van der Waals surface area contributed by atoms with E-state index < -0.39 is 0 Å². The summed E-state index contributed by atoms with van der Waals surface area (Å²) in [6.45, 7) is 3.96. The summed E-state index contributed by atoms with van der Waals surface area (Å²) >= 11 is 6.04. The average molecular weight is 213 g/mol. The molecule has 1 aromatic carbocycles. The van der Waals surface area contributed by atoms with Gasteiger partial charge in [0.15, 0.2) is 0 Å². The molecule has 0 bridgehead atoms. The van der Waals surface area contributed by atoms with E-state index in [0.717, 1.165) is 17.9 Å². The van der Waals surface area contributed by atoms with E-state index in [1.807, 2.05) is 31.2 Å².